The van der Waals surface area contributed by atoms with Crippen molar-refractivity contribution in [3.63, 3.8) is 0 Å². The van der Waals surface area contributed by atoms with Crippen LogP contribution < -0.4 is 4.74 Å². The molecule has 0 saturated carbocycles. The summed E-state index contributed by atoms with van der Waals surface area (Å²) in [6.45, 7) is 1.73. The Morgan fingerprint density at radius 1 is 1.06 bits per heavy atom. The lowest BCUT2D eigenvalue weighted by Crippen LogP contribution is -2.39. The van der Waals surface area contributed by atoms with Gasteiger partial charge in [-0.05, 0) is 49.5 Å². The summed E-state index contributed by atoms with van der Waals surface area (Å²) in [5.74, 6) is -1.83. The zero-order valence-electron chi connectivity index (χ0n) is 18.5. The van der Waals surface area contributed by atoms with Crippen LogP contribution in [0.1, 0.15) is 31.2 Å². The zero-order valence-corrected chi connectivity index (χ0v) is 18.5. The van der Waals surface area contributed by atoms with Gasteiger partial charge in [0.1, 0.15) is 12.4 Å². The average molecular weight is 447 g/mol. The Morgan fingerprint density at radius 2 is 1.79 bits per heavy atom. The summed E-state index contributed by atoms with van der Waals surface area (Å²) in [5.41, 5.74) is 3.11. The summed E-state index contributed by atoms with van der Waals surface area (Å²) in [4.78, 5) is 53.1. The van der Waals surface area contributed by atoms with Crippen LogP contribution in [0.15, 0.2) is 58.7 Å². The largest absolute Gasteiger partial charge is 0.491 e. The van der Waals surface area contributed by atoms with Gasteiger partial charge in [-0.2, -0.15) is 0 Å². The van der Waals surface area contributed by atoms with E-state index in [0.29, 0.717) is 28.9 Å². The van der Waals surface area contributed by atoms with Crippen LogP contribution >= 0.6 is 0 Å². The fourth-order valence-corrected chi connectivity index (χ4v) is 5.82. The first-order chi connectivity index (χ1) is 15.8. The van der Waals surface area contributed by atoms with Crippen LogP contribution in [-0.4, -0.2) is 53.6 Å². The summed E-state index contributed by atoms with van der Waals surface area (Å²) >= 11 is 0. The molecule has 1 saturated heterocycles. The molecule has 1 fully saturated rings. The second kappa shape index (κ2) is 7.92. The molecule has 4 unspecified atom stereocenters. The molecule has 7 nitrogen and oxygen atoms in total. The molecule has 1 aromatic carbocycles. The van der Waals surface area contributed by atoms with Gasteiger partial charge in [-0.3, -0.25) is 24.1 Å². The normalized spacial score (nSPS) is 28.9. The van der Waals surface area contributed by atoms with Crippen molar-refractivity contribution in [3.05, 3.63) is 64.3 Å². The van der Waals surface area contributed by atoms with Gasteiger partial charge in [0.2, 0.25) is 11.8 Å². The number of hydrogen-bond acceptors (Lipinski definition) is 6. The number of carbonyl (C=O) groups excluding carboxylic acids is 4. The number of likely N-dealkylation sites (tertiary alicyclic amines) is 1. The van der Waals surface area contributed by atoms with Crippen molar-refractivity contribution >= 4 is 23.4 Å². The summed E-state index contributed by atoms with van der Waals surface area (Å²) in [5, 5.41) is 8.99. The van der Waals surface area contributed by atoms with E-state index in [2.05, 4.69) is 0 Å². The minimum absolute atomic E-state index is 0.0961. The van der Waals surface area contributed by atoms with E-state index >= 15 is 0 Å². The Morgan fingerprint density at radius 3 is 2.48 bits per heavy atom. The highest BCUT2D eigenvalue weighted by Crippen LogP contribution is 2.54. The SMILES string of the molecule is CC1=CC(=O)C2=C(C1=O)C(c1ccc(OCCO)cc1)C1=CCC3C(=O)N(C)C(=O)C3C1C2. The molecule has 5 rings (SSSR count). The topological polar surface area (TPSA) is 101 Å². The molecule has 0 radical (unpaired) electrons. The van der Waals surface area contributed by atoms with Gasteiger partial charge in [-0.1, -0.05) is 23.8 Å². The molecule has 33 heavy (non-hydrogen) atoms. The van der Waals surface area contributed by atoms with E-state index in [9.17, 15) is 19.2 Å². The van der Waals surface area contributed by atoms with E-state index in [-0.39, 0.29) is 48.9 Å². The van der Waals surface area contributed by atoms with Gasteiger partial charge in [0.05, 0.1) is 18.4 Å². The van der Waals surface area contributed by atoms with Crippen molar-refractivity contribution in [1.82, 2.24) is 4.90 Å². The van der Waals surface area contributed by atoms with E-state index < -0.39 is 17.8 Å². The molecule has 3 aliphatic carbocycles. The van der Waals surface area contributed by atoms with Crippen LogP contribution in [0.5, 0.6) is 5.75 Å². The number of ether oxygens (including phenoxy) is 1. The molecule has 0 spiro atoms. The third kappa shape index (κ3) is 3.22. The Hall–Kier alpha value is -3.32. The minimum Gasteiger partial charge on any atom is -0.491 e. The van der Waals surface area contributed by atoms with E-state index in [1.807, 2.05) is 18.2 Å². The molecule has 0 aromatic heterocycles. The number of aliphatic hydroxyl groups is 1. The van der Waals surface area contributed by atoms with E-state index in [4.69, 9.17) is 9.84 Å². The number of ketones is 2. The number of carbonyl (C=O) groups is 4. The van der Waals surface area contributed by atoms with E-state index in [1.165, 1.54) is 18.0 Å². The Balaban J connectivity index is 1.63. The first kappa shape index (κ1) is 21.5. The number of benzene rings is 1. The number of fused-ring (bicyclic) bond motifs is 3. The molecule has 4 atom stereocenters. The lowest BCUT2D eigenvalue weighted by atomic mass is 9.59. The Kier molecular flexibility index (Phi) is 5.16. The highest BCUT2D eigenvalue weighted by Gasteiger charge is 2.55. The fraction of sp³-hybridized carbons (Fsp3) is 0.385. The predicted molar refractivity (Wildman–Crippen MR) is 118 cm³/mol. The lowest BCUT2D eigenvalue weighted by molar-refractivity contribution is -0.138. The monoisotopic (exact) mass is 447 g/mol. The van der Waals surface area contributed by atoms with Gasteiger partial charge in [-0.15, -0.1) is 0 Å². The highest BCUT2D eigenvalue weighted by atomic mass is 16.5. The molecule has 1 aromatic rings. The number of nitrogens with zero attached hydrogens (tertiary/aromatic N) is 1. The van der Waals surface area contributed by atoms with E-state index in [0.717, 1.165) is 11.1 Å². The maximum absolute atomic E-state index is 13.3. The maximum Gasteiger partial charge on any atom is 0.233 e. The van der Waals surface area contributed by atoms with Crippen LogP contribution in [0.2, 0.25) is 0 Å². The second-order valence-corrected chi connectivity index (χ2v) is 9.11. The first-order valence-corrected chi connectivity index (χ1v) is 11.2. The molecule has 2 amide bonds. The molecule has 4 aliphatic rings. The summed E-state index contributed by atoms with van der Waals surface area (Å²) < 4.78 is 5.47. The zero-order chi connectivity index (χ0) is 23.4. The van der Waals surface area contributed by atoms with Gasteiger partial charge >= 0.3 is 0 Å². The quantitative estimate of drug-likeness (QED) is 0.431. The van der Waals surface area contributed by atoms with Crippen molar-refractivity contribution in [2.24, 2.45) is 17.8 Å². The van der Waals surface area contributed by atoms with Crippen LogP contribution in [0.4, 0.5) is 0 Å². The third-order valence-electron chi connectivity index (χ3n) is 7.36. The number of allylic oxidation sites excluding steroid dienone is 6. The van der Waals surface area contributed by atoms with Crippen molar-refractivity contribution in [2.75, 3.05) is 20.3 Å². The van der Waals surface area contributed by atoms with Gasteiger partial charge < -0.3 is 9.84 Å². The number of imide groups is 1. The van der Waals surface area contributed by atoms with Crippen molar-refractivity contribution < 1.29 is 29.0 Å². The minimum atomic E-state index is -0.513. The Bertz CT molecular complexity index is 1170. The number of rotatable bonds is 4. The number of hydrogen-bond donors (Lipinski definition) is 1. The third-order valence-corrected chi connectivity index (χ3v) is 7.36. The Labute approximate surface area is 191 Å². The van der Waals surface area contributed by atoms with Gasteiger partial charge in [0.25, 0.3) is 0 Å². The fourth-order valence-electron chi connectivity index (χ4n) is 5.82. The van der Waals surface area contributed by atoms with Crippen LogP contribution in [0.3, 0.4) is 0 Å². The molecule has 7 heteroatoms. The lowest BCUT2D eigenvalue weighted by Gasteiger charge is -2.42. The highest BCUT2D eigenvalue weighted by molar-refractivity contribution is 6.23. The second-order valence-electron chi connectivity index (χ2n) is 9.11. The molecule has 1 heterocycles. The van der Waals surface area contributed by atoms with Crippen molar-refractivity contribution in [1.29, 1.82) is 0 Å². The summed E-state index contributed by atoms with van der Waals surface area (Å²) in [7, 11) is 1.51. The standard InChI is InChI=1S/C26H25NO6/c1-13-11-20(29)19-12-18-16(7-8-17-22(18)26(32)27(2)25(17)31)21(23(19)24(13)30)14-3-5-15(6-4-14)33-10-9-28/h3-7,11,17-18,21-22,28H,8-10,12H2,1-2H3. The molecule has 1 N–H and O–H groups in total. The maximum atomic E-state index is 13.3. The number of aliphatic hydroxyl groups excluding tert-OH is 1. The van der Waals surface area contributed by atoms with Crippen LogP contribution in [0, 0.1) is 17.8 Å². The van der Waals surface area contributed by atoms with Gasteiger partial charge in [0, 0.05) is 29.7 Å². The van der Waals surface area contributed by atoms with Crippen LogP contribution in [0.25, 0.3) is 0 Å². The number of amides is 2. The first-order valence-electron chi connectivity index (χ1n) is 11.2. The van der Waals surface area contributed by atoms with Crippen LogP contribution in [-0.2, 0) is 19.2 Å². The summed E-state index contributed by atoms with van der Waals surface area (Å²) in [6.07, 6.45) is 4.12. The number of Topliss-reactive ketones (excluding diaryl/α,β-unsaturated/α-hetero) is 1. The van der Waals surface area contributed by atoms with Gasteiger partial charge in [-0.25, -0.2) is 0 Å². The predicted octanol–water partition coefficient (Wildman–Crippen LogP) is 2.12. The van der Waals surface area contributed by atoms with Gasteiger partial charge in [0.15, 0.2) is 11.6 Å². The molecule has 0 bridgehead atoms. The average Bonchev–Trinajstić information content (AvgIpc) is 3.04. The van der Waals surface area contributed by atoms with Crippen molar-refractivity contribution in [3.8, 4) is 5.75 Å². The van der Waals surface area contributed by atoms with E-state index in [1.54, 1.807) is 19.1 Å². The molecular weight excluding hydrogens is 422 g/mol. The molecule has 170 valence electrons. The van der Waals surface area contributed by atoms with Crippen molar-refractivity contribution in [2.45, 2.75) is 25.7 Å². The smallest absolute Gasteiger partial charge is 0.233 e. The summed E-state index contributed by atoms with van der Waals surface area (Å²) in [6, 6.07) is 7.26. The molecule has 1 aliphatic heterocycles. The molecular formula is C26H25NO6.